The van der Waals surface area contributed by atoms with E-state index in [2.05, 4.69) is 22.4 Å². The molecule has 0 saturated carbocycles. The summed E-state index contributed by atoms with van der Waals surface area (Å²) in [7, 11) is 0. The first kappa shape index (κ1) is 12.5. The monoisotopic (exact) mass is 245 g/mol. The number of aromatic nitrogens is 4. The van der Waals surface area contributed by atoms with Crippen LogP contribution in [0.2, 0.25) is 0 Å². The third-order valence-corrected chi connectivity index (χ3v) is 2.31. The van der Waals surface area contributed by atoms with Crippen LogP contribution in [0, 0.1) is 6.92 Å². The van der Waals surface area contributed by atoms with Crippen LogP contribution in [0.25, 0.3) is 5.69 Å². The van der Waals surface area contributed by atoms with Crippen LogP contribution in [0.5, 0.6) is 6.01 Å². The van der Waals surface area contributed by atoms with Crippen LogP contribution in [0.15, 0.2) is 24.3 Å². The molecular formula is C13H17N4O. The molecule has 0 unspecified atom stereocenters. The lowest BCUT2D eigenvalue weighted by atomic mass is 10.1. The van der Waals surface area contributed by atoms with Gasteiger partial charge in [0.1, 0.15) is 5.60 Å². The van der Waals surface area contributed by atoms with Crippen LogP contribution >= 0.6 is 0 Å². The molecule has 1 aromatic heterocycles. The molecule has 5 heteroatoms. The molecule has 0 amide bonds. The highest BCUT2D eigenvalue weighted by atomic mass is 16.5. The van der Waals surface area contributed by atoms with E-state index in [9.17, 15) is 0 Å². The van der Waals surface area contributed by atoms with Crippen molar-refractivity contribution in [1.29, 1.82) is 0 Å². The van der Waals surface area contributed by atoms with E-state index in [1.165, 1.54) is 5.56 Å². The van der Waals surface area contributed by atoms with Crippen molar-refractivity contribution in [2.24, 2.45) is 0 Å². The van der Waals surface area contributed by atoms with Crippen molar-refractivity contribution in [3.63, 3.8) is 0 Å². The minimum Gasteiger partial charge on any atom is -0.457 e. The second-order valence-electron chi connectivity index (χ2n) is 5.00. The molecule has 5 nitrogen and oxygen atoms in total. The summed E-state index contributed by atoms with van der Waals surface area (Å²) in [5, 5.41) is 11.5. The molecule has 1 heterocycles. The van der Waals surface area contributed by atoms with Gasteiger partial charge in [-0.2, -0.15) is 4.68 Å². The molecule has 0 saturated heterocycles. The SMILES string of the molecule is [CH2]Cc1ccc(-n2nnnc2OC(C)(C)C)cc1. The quantitative estimate of drug-likeness (QED) is 0.832. The van der Waals surface area contributed by atoms with E-state index >= 15 is 0 Å². The van der Waals surface area contributed by atoms with Crippen LogP contribution in [-0.2, 0) is 6.42 Å². The van der Waals surface area contributed by atoms with Crippen LogP contribution in [0.4, 0.5) is 0 Å². The number of ether oxygens (including phenoxy) is 1. The Labute approximate surface area is 107 Å². The summed E-state index contributed by atoms with van der Waals surface area (Å²) in [6, 6.07) is 8.30. The summed E-state index contributed by atoms with van der Waals surface area (Å²) < 4.78 is 7.28. The Morgan fingerprint density at radius 2 is 1.89 bits per heavy atom. The van der Waals surface area contributed by atoms with Gasteiger partial charge in [0, 0.05) is 0 Å². The zero-order chi connectivity index (χ0) is 13.2. The van der Waals surface area contributed by atoms with E-state index in [1.807, 2.05) is 45.0 Å². The number of tetrazole rings is 1. The first-order valence-electron chi connectivity index (χ1n) is 5.85. The molecule has 0 aliphatic heterocycles. The zero-order valence-corrected chi connectivity index (χ0v) is 10.9. The fourth-order valence-electron chi connectivity index (χ4n) is 1.48. The van der Waals surface area contributed by atoms with E-state index in [4.69, 9.17) is 4.74 Å². The summed E-state index contributed by atoms with van der Waals surface area (Å²) in [5.74, 6) is 0. The summed E-state index contributed by atoms with van der Waals surface area (Å²) >= 11 is 0. The normalized spacial score (nSPS) is 11.6. The molecule has 2 rings (SSSR count). The van der Waals surface area contributed by atoms with Gasteiger partial charge in [0.05, 0.1) is 5.69 Å². The Kier molecular flexibility index (Phi) is 3.32. The molecular weight excluding hydrogens is 228 g/mol. The predicted octanol–water partition coefficient (Wildman–Crippen LogP) is 2.22. The number of benzene rings is 1. The number of rotatable bonds is 3. The second kappa shape index (κ2) is 4.76. The fourth-order valence-corrected chi connectivity index (χ4v) is 1.48. The lowest BCUT2D eigenvalue weighted by Crippen LogP contribution is -2.25. The van der Waals surface area contributed by atoms with E-state index in [0.29, 0.717) is 6.01 Å². The van der Waals surface area contributed by atoms with E-state index in [1.54, 1.807) is 4.68 Å². The third-order valence-electron chi connectivity index (χ3n) is 2.31. The number of nitrogens with zero attached hydrogens (tertiary/aromatic N) is 4. The van der Waals surface area contributed by atoms with E-state index in [0.717, 1.165) is 12.1 Å². The molecule has 0 spiro atoms. The van der Waals surface area contributed by atoms with Crippen LogP contribution in [-0.4, -0.2) is 25.8 Å². The lowest BCUT2D eigenvalue weighted by molar-refractivity contribution is 0.113. The van der Waals surface area contributed by atoms with Crippen molar-refractivity contribution in [3.8, 4) is 11.7 Å². The van der Waals surface area contributed by atoms with Gasteiger partial charge in [-0.15, -0.1) is 0 Å². The van der Waals surface area contributed by atoms with Gasteiger partial charge in [-0.1, -0.05) is 17.2 Å². The number of hydrogen-bond acceptors (Lipinski definition) is 4. The first-order chi connectivity index (χ1) is 8.49. The minimum absolute atomic E-state index is 0.334. The van der Waals surface area contributed by atoms with Gasteiger partial charge in [0.15, 0.2) is 0 Å². The Balaban J connectivity index is 2.30. The highest BCUT2D eigenvalue weighted by molar-refractivity contribution is 5.35. The van der Waals surface area contributed by atoms with Gasteiger partial charge in [0.25, 0.3) is 0 Å². The van der Waals surface area contributed by atoms with E-state index < -0.39 is 0 Å². The average Bonchev–Trinajstić information content (AvgIpc) is 2.75. The minimum atomic E-state index is -0.334. The Morgan fingerprint density at radius 1 is 1.22 bits per heavy atom. The van der Waals surface area contributed by atoms with Gasteiger partial charge in [-0.3, -0.25) is 0 Å². The van der Waals surface area contributed by atoms with Crippen molar-refractivity contribution < 1.29 is 4.74 Å². The van der Waals surface area contributed by atoms with Crippen LogP contribution < -0.4 is 4.74 Å². The molecule has 0 aliphatic rings. The molecule has 2 aromatic rings. The summed E-state index contributed by atoms with van der Waals surface area (Å²) in [6.45, 7) is 9.71. The second-order valence-corrected chi connectivity index (χ2v) is 5.00. The standard InChI is InChI=1S/C13H17N4O/c1-5-10-6-8-11(9-7-10)17-12(14-15-16-17)18-13(2,3)4/h6-9H,1,5H2,2-4H3. The Bertz CT molecular complexity index is 511. The van der Waals surface area contributed by atoms with Gasteiger partial charge in [0.2, 0.25) is 0 Å². The third kappa shape index (κ3) is 2.85. The highest BCUT2D eigenvalue weighted by Crippen LogP contribution is 2.18. The summed E-state index contributed by atoms with van der Waals surface area (Å²) in [4.78, 5) is 0. The molecule has 18 heavy (non-hydrogen) atoms. The fraction of sp³-hybridized carbons (Fsp3) is 0.385. The molecule has 1 radical (unpaired) electrons. The van der Waals surface area contributed by atoms with Crippen molar-refractivity contribution >= 4 is 0 Å². The van der Waals surface area contributed by atoms with Crippen molar-refractivity contribution in [3.05, 3.63) is 36.8 Å². The van der Waals surface area contributed by atoms with Crippen LogP contribution in [0.3, 0.4) is 0 Å². The van der Waals surface area contributed by atoms with Gasteiger partial charge >= 0.3 is 6.01 Å². The molecule has 0 fully saturated rings. The average molecular weight is 245 g/mol. The Hall–Kier alpha value is -1.91. The topological polar surface area (TPSA) is 52.8 Å². The lowest BCUT2D eigenvalue weighted by Gasteiger charge is -2.19. The van der Waals surface area contributed by atoms with Gasteiger partial charge in [-0.05, 0) is 62.2 Å². The Morgan fingerprint density at radius 3 is 2.44 bits per heavy atom. The smallest absolute Gasteiger partial charge is 0.340 e. The maximum Gasteiger partial charge on any atom is 0.340 e. The summed E-state index contributed by atoms with van der Waals surface area (Å²) in [5.41, 5.74) is 1.71. The molecule has 0 atom stereocenters. The predicted molar refractivity (Wildman–Crippen MR) is 68.6 cm³/mol. The molecule has 1 aromatic carbocycles. The van der Waals surface area contributed by atoms with E-state index in [-0.39, 0.29) is 5.60 Å². The van der Waals surface area contributed by atoms with Crippen LogP contribution in [0.1, 0.15) is 26.3 Å². The van der Waals surface area contributed by atoms with Gasteiger partial charge in [-0.25, -0.2) is 0 Å². The van der Waals surface area contributed by atoms with Crippen molar-refractivity contribution in [2.75, 3.05) is 0 Å². The van der Waals surface area contributed by atoms with Gasteiger partial charge < -0.3 is 4.74 Å². The first-order valence-corrected chi connectivity index (χ1v) is 5.85. The van der Waals surface area contributed by atoms with Crippen molar-refractivity contribution in [2.45, 2.75) is 32.8 Å². The summed E-state index contributed by atoms with van der Waals surface area (Å²) in [6.07, 6.45) is 0.765. The van der Waals surface area contributed by atoms with Crippen molar-refractivity contribution in [1.82, 2.24) is 20.2 Å². The molecule has 0 N–H and O–H groups in total. The molecule has 0 aliphatic carbocycles. The molecule has 0 bridgehead atoms. The molecule has 95 valence electrons. The zero-order valence-electron chi connectivity index (χ0n) is 10.9. The maximum absolute atomic E-state index is 5.70. The largest absolute Gasteiger partial charge is 0.457 e. The number of hydrogen-bond donors (Lipinski definition) is 0. The highest BCUT2D eigenvalue weighted by Gasteiger charge is 2.18. The maximum atomic E-state index is 5.70.